The predicted molar refractivity (Wildman–Crippen MR) is 68.3 cm³/mol. The summed E-state index contributed by atoms with van der Waals surface area (Å²) >= 11 is 18.1. The highest BCUT2D eigenvalue weighted by atomic mass is 35.5. The molecule has 1 rings (SSSR count). The Morgan fingerprint density at radius 2 is 1.88 bits per heavy atom. The second-order valence-electron chi connectivity index (χ2n) is 2.83. The van der Waals surface area contributed by atoms with Gasteiger partial charge >= 0.3 is 0 Å². The lowest BCUT2D eigenvalue weighted by molar-refractivity contribution is 0.0991. The van der Waals surface area contributed by atoms with Gasteiger partial charge in [-0.3, -0.25) is 4.79 Å². The molecule has 0 heterocycles. The Morgan fingerprint density at radius 1 is 1.31 bits per heavy atom. The molecule has 16 heavy (non-hydrogen) atoms. The molecule has 0 fully saturated rings. The lowest BCUT2D eigenvalue weighted by Crippen LogP contribution is -2.22. The highest BCUT2D eigenvalue weighted by molar-refractivity contribution is 8.05. The minimum Gasteiger partial charge on any atom is -0.292 e. The first-order chi connectivity index (χ1) is 7.56. The molecule has 84 valence electrons. The highest BCUT2D eigenvalue weighted by Gasteiger charge is 2.26. The fourth-order valence-corrected chi connectivity index (χ4v) is 1.99. The third-order valence-corrected chi connectivity index (χ3v) is 3.88. The monoisotopic (exact) mass is 293 g/mol. The summed E-state index contributed by atoms with van der Waals surface area (Å²) in [6.45, 7) is 0. The van der Waals surface area contributed by atoms with Crippen LogP contribution < -0.4 is 0 Å². The Hall–Kier alpha value is -0.400. The topological polar surface area (TPSA) is 40.9 Å². The second kappa shape index (κ2) is 6.36. The molecular formula is C10H6Cl3NOS. The first-order valence-corrected chi connectivity index (χ1v) is 6.32. The summed E-state index contributed by atoms with van der Waals surface area (Å²) in [5, 5.41) is 9.81. The van der Waals surface area contributed by atoms with Gasteiger partial charge in [0, 0.05) is 10.6 Å². The lowest BCUT2D eigenvalue weighted by Gasteiger charge is -2.11. The molecule has 2 nitrogen and oxygen atoms in total. The largest absolute Gasteiger partial charge is 0.292 e. The van der Waals surface area contributed by atoms with E-state index >= 15 is 0 Å². The number of Topliss-reactive ketones (excluding diaryl/α,β-unsaturated/α-hetero) is 1. The predicted octanol–water partition coefficient (Wildman–Crippen LogP) is 3.91. The second-order valence-corrected chi connectivity index (χ2v) is 5.39. The average Bonchev–Trinajstić information content (AvgIpc) is 2.28. The van der Waals surface area contributed by atoms with E-state index in [0.717, 1.165) is 11.8 Å². The van der Waals surface area contributed by atoms with E-state index in [1.807, 2.05) is 0 Å². The summed E-state index contributed by atoms with van der Waals surface area (Å²) in [5.41, 5.74) is 0.425. The first-order valence-electron chi connectivity index (χ1n) is 4.19. The molecule has 0 amide bonds. The van der Waals surface area contributed by atoms with Crippen molar-refractivity contribution < 1.29 is 4.79 Å². The molecule has 0 aromatic heterocycles. The first kappa shape index (κ1) is 13.7. The van der Waals surface area contributed by atoms with Crippen molar-refractivity contribution in [1.29, 1.82) is 5.26 Å². The van der Waals surface area contributed by atoms with Gasteiger partial charge in [0.05, 0.1) is 0 Å². The van der Waals surface area contributed by atoms with Gasteiger partial charge in [0.1, 0.15) is 15.5 Å². The van der Waals surface area contributed by atoms with E-state index in [9.17, 15) is 4.79 Å². The summed E-state index contributed by atoms with van der Waals surface area (Å²) in [6.07, 6.45) is 0. The van der Waals surface area contributed by atoms with Gasteiger partial charge in [-0.1, -0.05) is 11.6 Å². The van der Waals surface area contributed by atoms with Crippen molar-refractivity contribution in [3.63, 3.8) is 0 Å². The van der Waals surface area contributed by atoms with E-state index in [4.69, 9.17) is 40.1 Å². The summed E-state index contributed by atoms with van der Waals surface area (Å²) in [7, 11) is 0. The molecule has 0 aliphatic rings. The number of hydrogen-bond donors (Lipinski definition) is 0. The van der Waals surface area contributed by atoms with Gasteiger partial charge in [-0.25, -0.2) is 0 Å². The van der Waals surface area contributed by atoms with Crippen molar-refractivity contribution in [1.82, 2.24) is 0 Å². The summed E-state index contributed by atoms with van der Waals surface area (Å²) in [5.74, 6) is -0.318. The third kappa shape index (κ3) is 3.57. The average molecular weight is 295 g/mol. The Kier molecular flexibility index (Phi) is 5.43. The number of nitrogens with zero attached hydrogens (tertiary/aromatic N) is 1. The van der Waals surface area contributed by atoms with Crippen molar-refractivity contribution in [3.8, 4) is 5.40 Å². The van der Waals surface area contributed by atoms with E-state index in [0.29, 0.717) is 10.6 Å². The number of halogens is 3. The van der Waals surface area contributed by atoms with Crippen molar-refractivity contribution in [2.45, 2.75) is 10.1 Å². The van der Waals surface area contributed by atoms with Crippen LogP contribution >= 0.6 is 46.6 Å². The van der Waals surface area contributed by atoms with Crippen LogP contribution in [-0.2, 0) is 0 Å². The van der Waals surface area contributed by atoms with Crippen molar-refractivity contribution in [2.75, 3.05) is 0 Å². The molecule has 1 aromatic rings. The maximum Gasteiger partial charge on any atom is 0.183 e. The number of alkyl halides is 2. The minimum atomic E-state index is -0.938. The normalized spacial score (nSPS) is 13.9. The number of thioether (sulfide) groups is 1. The smallest absolute Gasteiger partial charge is 0.183 e. The molecule has 0 bridgehead atoms. The summed E-state index contributed by atoms with van der Waals surface area (Å²) in [4.78, 5) is 11.8. The molecule has 0 N–H and O–H groups in total. The number of rotatable bonds is 4. The van der Waals surface area contributed by atoms with Crippen molar-refractivity contribution >= 4 is 52.3 Å². The van der Waals surface area contributed by atoms with Crippen LogP contribution in [-0.4, -0.2) is 15.9 Å². The zero-order chi connectivity index (χ0) is 12.1. The molecule has 2 atom stereocenters. The molecular weight excluding hydrogens is 289 g/mol. The lowest BCUT2D eigenvalue weighted by atomic mass is 10.1. The zero-order valence-electron chi connectivity index (χ0n) is 7.86. The standard InChI is InChI=1S/C10H6Cl3NOS/c11-7-3-1-6(2-4-7)9(15)8(12)10(13)16-5-14/h1-4,8,10H. The number of thiocyanates is 1. The molecule has 0 aliphatic heterocycles. The van der Waals surface area contributed by atoms with E-state index in [1.54, 1.807) is 29.7 Å². The Morgan fingerprint density at radius 3 is 2.38 bits per heavy atom. The maximum atomic E-state index is 11.8. The fourth-order valence-electron chi connectivity index (χ4n) is 1.00. The van der Waals surface area contributed by atoms with Crippen LogP contribution in [0.4, 0.5) is 0 Å². The zero-order valence-corrected chi connectivity index (χ0v) is 10.9. The fraction of sp³-hybridized carbons (Fsp3) is 0.200. The Bertz CT molecular complexity index is 415. The van der Waals surface area contributed by atoms with Gasteiger partial charge in [0.25, 0.3) is 0 Å². The minimum absolute atomic E-state index is 0.318. The Balaban J connectivity index is 2.78. The number of carbonyl (C=O) groups excluding carboxylic acids is 1. The van der Waals surface area contributed by atoms with Gasteiger partial charge < -0.3 is 0 Å². The van der Waals surface area contributed by atoms with Crippen LogP contribution in [0.1, 0.15) is 10.4 Å². The van der Waals surface area contributed by atoms with Crippen LogP contribution in [0.15, 0.2) is 24.3 Å². The third-order valence-electron chi connectivity index (χ3n) is 1.77. The van der Waals surface area contributed by atoms with Gasteiger partial charge in [-0.2, -0.15) is 5.26 Å². The van der Waals surface area contributed by atoms with Gasteiger partial charge in [-0.05, 0) is 36.0 Å². The quantitative estimate of drug-likeness (QED) is 0.480. The van der Waals surface area contributed by atoms with Crippen LogP contribution in [0.2, 0.25) is 5.02 Å². The van der Waals surface area contributed by atoms with E-state index < -0.39 is 10.1 Å². The van der Waals surface area contributed by atoms with Crippen LogP contribution in [0, 0.1) is 10.7 Å². The molecule has 2 unspecified atom stereocenters. The maximum absolute atomic E-state index is 11.8. The number of hydrogen-bond acceptors (Lipinski definition) is 3. The molecule has 0 saturated carbocycles. The number of benzene rings is 1. The number of carbonyl (C=O) groups is 1. The van der Waals surface area contributed by atoms with E-state index in [1.165, 1.54) is 0 Å². The number of ketones is 1. The summed E-state index contributed by atoms with van der Waals surface area (Å²) in [6, 6.07) is 6.33. The summed E-state index contributed by atoms with van der Waals surface area (Å²) < 4.78 is -0.769. The molecule has 0 radical (unpaired) electrons. The molecule has 1 aromatic carbocycles. The molecule has 0 aliphatic carbocycles. The molecule has 0 spiro atoms. The van der Waals surface area contributed by atoms with Gasteiger partial charge in [0.2, 0.25) is 0 Å². The van der Waals surface area contributed by atoms with Crippen LogP contribution in [0.25, 0.3) is 0 Å². The number of nitriles is 1. The molecule has 0 saturated heterocycles. The van der Waals surface area contributed by atoms with Gasteiger partial charge in [-0.15, -0.1) is 23.2 Å². The highest BCUT2D eigenvalue weighted by Crippen LogP contribution is 2.25. The van der Waals surface area contributed by atoms with Crippen LogP contribution in [0.3, 0.4) is 0 Å². The van der Waals surface area contributed by atoms with Gasteiger partial charge in [0.15, 0.2) is 5.78 Å². The Labute approximate surface area is 112 Å². The van der Waals surface area contributed by atoms with E-state index in [2.05, 4.69) is 0 Å². The van der Waals surface area contributed by atoms with Crippen molar-refractivity contribution in [2.24, 2.45) is 0 Å². The molecule has 6 heteroatoms. The SMILES string of the molecule is N#CSC(Cl)C(Cl)C(=O)c1ccc(Cl)cc1. The van der Waals surface area contributed by atoms with Crippen molar-refractivity contribution in [3.05, 3.63) is 34.9 Å². The van der Waals surface area contributed by atoms with Crippen LogP contribution in [0.5, 0.6) is 0 Å². The van der Waals surface area contributed by atoms with E-state index in [-0.39, 0.29) is 5.78 Å².